The van der Waals surface area contributed by atoms with Crippen molar-refractivity contribution in [1.29, 1.82) is 0 Å². The van der Waals surface area contributed by atoms with Gasteiger partial charge in [-0.3, -0.25) is 9.59 Å². The van der Waals surface area contributed by atoms with E-state index in [2.05, 4.69) is 5.32 Å². The van der Waals surface area contributed by atoms with Gasteiger partial charge in [-0.05, 0) is 48.2 Å². The molecule has 0 spiro atoms. The van der Waals surface area contributed by atoms with Crippen LogP contribution in [0.2, 0.25) is 5.02 Å². The first-order chi connectivity index (χ1) is 17.2. The van der Waals surface area contributed by atoms with Crippen molar-refractivity contribution < 1.29 is 18.7 Å². The van der Waals surface area contributed by atoms with Gasteiger partial charge in [0.2, 0.25) is 5.91 Å². The fourth-order valence-electron chi connectivity index (χ4n) is 3.72. The molecular formula is C29H32ClFN2O3. The lowest BCUT2D eigenvalue weighted by molar-refractivity contribution is -0.142. The van der Waals surface area contributed by atoms with Gasteiger partial charge in [0.25, 0.3) is 5.91 Å². The first-order valence-electron chi connectivity index (χ1n) is 12.0. The fraction of sp³-hybridized carbons (Fsp3) is 0.310. The summed E-state index contributed by atoms with van der Waals surface area (Å²) in [6, 6.07) is 20.0. The summed E-state index contributed by atoms with van der Waals surface area (Å²) in [6.07, 6.45) is 0.283. The van der Waals surface area contributed by atoms with Gasteiger partial charge in [-0.1, -0.05) is 74.0 Å². The SMILES string of the molecule is Cc1cc(OCC(=O)N(Cc2ccccc2F)C(Cc2ccccc2)C(=O)NCC(C)C)ccc1Cl. The first kappa shape index (κ1) is 27.2. The zero-order valence-electron chi connectivity index (χ0n) is 20.8. The molecule has 0 aliphatic rings. The summed E-state index contributed by atoms with van der Waals surface area (Å²) >= 11 is 6.09. The van der Waals surface area contributed by atoms with E-state index in [-0.39, 0.29) is 31.4 Å². The number of hydrogen-bond acceptors (Lipinski definition) is 3. The van der Waals surface area contributed by atoms with Crippen LogP contribution in [-0.4, -0.2) is 35.9 Å². The third kappa shape index (κ3) is 7.82. The van der Waals surface area contributed by atoms with E-state index in [1.165, 1.54) is 11.0 Å². The Bertz CT molecular complexity index is 1170. The Morgan fingerprint density at radius 2 is 1.72 bits per heavy atom. The molecule has 36 heavy (non-hydrogen) atoms. The number of hydrogen-bond donors (Lipinski definition) is 1. The van der Waals surface area contributed by atoms with Crippen LogP contribution < -0.4 is 10.1 Å². The molecule has 0 aliphatic carbocycles. The summed E-state index contributed by atoms with van der Waals surface area (Å²) in [5, 5.41) is 3.54. The van der Waals surface area contributed by atoms with Crippen LogP contribution in [0.5, 0.6) is 5.75 Å². The largest absolute Gasteiger partial charge is 0.484 e. The van der Waals surface area contributed by atoms with Gasteiger partial charge < -0.3 is 15.0 Å². The summed E-state index contributed by atoms with van der Waals surface area (Å²) in [5.41, 5.74) is 2.03. The molecular weight excluding hydrogens is 479 g/mol. The van der Waals surface area contributed by atoms with E-state index in [9.17, 15) is 14.0 Å². The predicted molar refractivity (Wildman–Crippen MR) is 140 cm³/mol. The van der Waals surface area contributed by atoms with E-state index in [0.717, 1.165) is 11.1 Å². The molecule has 2 amide bonds. The van der Waals surface area contributed by atoms with Crippen molar-refractivity contribution in [2.45, 2.75) is 39.8 Å². The van der Waals surface area contributed by atoms with Gasteiger partial charge in [0.1, 0.15) is 17.6 Å². The standard InChI is InChI=1S/C29H32ClFN2O3/c1-20(2)17-32-29(35)27(16-22-9-5-4-6-10-22)33(18-23-11-7-8-12-26(23)31)28(34)19-36-24-13-14-25(30)21(3)15-24/h4-15,20,27H,16-19H2,1-3H3,(H,32,35). The summed E-state index contributed by atoms with van der Waals surface area (Å²) in [5.74, 6) is -0.435. The highest BCUT2D eigenvalue weighted by Crippen LogP contribution is 2.22. The van der Waals surface area contributed by atoms with Crippen LogP contribution in [0.25, 0.3) is 0 Å². The quantitative estimate of drug-likeness (QED) is 0.366. The van der Waals surface area contributed by atoms with Crippen LogP contribution in [0.15, 0.2) is 72.8 Å². The Morgan fingerprint density at radius 1 is 1.03 bits per heavy atom. The third-order valence-corrected chi connectivity index (χ3v) is 6.17. The molecule has 0 saturated carbocycles. The number of ether oxygens (including phenoxy) is 1. The summed E-state index contributed by atoms with van der Waals surface area (Å²) in [6.45, 7) is 5.93. The lowest BCUT2D eigenvalue weighted by atomic mass is 10.0. The zero-order valence-corrected chi connectivity index (χ0v) is 21.6. The second-order valence-corrected chi connectivity index (χ2v) is 9.56. The number of carbonyl (C=O) groups is 2. The van der Waals surface area contributed by atoms with Crippen LogP contribution >= 0.6 is 11.6 Å². The fourth-order valence-corrected chi connectivity index (χ4v) is 3.84. The number of amides is 2. The smallest absolute Gasteiger partial charge is 0.261 e. The van der Waals surface area contributed by atoms with Crippen LogP contribution in [0.1, 0.15) is 30.5 Å². The monoisotopic (exact) mass is 510 g/mol. The van der Waals surface area contributed by atoms with Crippen molar-refractivity contribution in [3.63, 3.8) is 0 Å². The molecule has 3 aromatic carbocycles. The second-order valence-electron chi connectivity index (χ2n) is 9.16. The lowest BCUT2D eigenvalue weighted by Crippen LogP contribution is -2.52. The van der Waals surface area contributed by atoms with Gasteiger partial charge in [-0.2, -0.15) is 0 Å². The second kappa shape index (κ2) is 13.1. The summed E-state index contributed by atoms with van der Waals surface area (Å²) in [4.78, 5) is 28.3. The number of carbonyl (C=O) groups excluding carboxylic acids is 2. The lowest BCUT2D eigenvalue weighted by Gasteiger charge is -2.31. The molecule has 0 fully saturated rings. The molecule has 3 aromatic rings. The van der Waals surface area contributed by atoms with Crippen LogP contribution in [0.3, 0.4) is 0 Å². The molecule has 3 rings (SSSR count). The summed E-state index contributed by atoms with van der Waals surface area (Å²) in [7, 11) is 0. The van der Waals surface area contributed by atoms with Gasteiger partial charge in [0, 0.05) is 30.1 Å². The zero-order chi connectivity index (χ0) is 26.1. The third-order valence-electron chi connectivity index (χ3n) is 5.75. The van der Waals surface area contributed by atoms with E-state index < -0.39 is 17.8 Å². The molecule has 1 atom stereocenters. The Hall–Kier alpha value is -3.38. The number of nitrogens with zero attached hydrogens (tertiary/aromatic N) is 1. The highest BCUT2D eigenvalue weighted by atomic mass is 35.5. The van der Waals surface area contributed by atoms with Gasteiger partial charge in [0.15, 0.2) is 6.61 Å². The van der Waals surface area contributed by atoms with Crippen molar-refractivity contribution in [2.75, 3.05) is 13.2 Å². The number of rotatable bonds is 11. The van der Waals surface area contributed by atoms with Crippen molar-refractivity contribution in [3.8, 4) is 5.75 Å². The average Bonchev–Trinajstić information content (AvgIpc) is 2.86. The van der Waals surface area contributed by atoms with Gasteiger partial charge in [0.05, 0.1) is 0 Å². The molecule has 0 bridgehead atoms. The Kier molecular flexibility index (Phi) is 9.88. The van der Waals surface area contributed by atoms with E-state index >= 15 is 0 Å². The topological polar surface area (TPSA) is 58.6 Å². The van der Waals surface area contributed by atoms with Crippen LogP contribution in [0.4, 0.5) is 4.39 Å². The highest BCUT2D eigenvalue weighted by Gasteiger charge is 2.31. The number of benzene rings is 3. The van der Waals surface area contributed by atoms with Gasteiger partial charge in [-0.25, -0.2) is 4.39 Å². The molecule has 7 heteroatoms. The molecule has 0 aliphatic heterocycles. The van der Waals surface area contributed by atoms with E-state index in [1.54, 1.807) is 36.4 Å². The van der Waals surface area contributed by atoms with Crippen LogP contribution in [-0.2, 0) is 22.6 Å². The maximum absolute atomic E-state index is 14.6. The maximum Gasteiger partial charge on any atom is 0.261 e. The van der Waals surface area contributed by atoms with Crippen molar-refractivity contribution in [3.05, 3.63) is 100 Å². The number of halogens is 2. The molecule has 0 heterocycles. The van der Waals surface area contributed by atoms with E-state index in [0.29, 0.717) is 22.9 Å². The molecule has 0 saturated heterocycles. The molecule has 0 radical (unpaired) electrons. The van der Waals surface area contributed by atoms with Crippen molar-refractivity contribution >= 4 is 23.4 Å². The normalized spacial score (nSPS) is 11.7. The maximum atomic E-state index is 14.6. The Labute approximate surface area is 217 Å². The molecule has 5 nitrogen and oxygen atoms in total. The highest BCUT2D eigenvalue weighted by molar-refractivity contribution is 6.31. The predicted octanol–water partition coefficient (Wildman–Crippen LogP) is 5.58. The van der Waals surface area contributed by atoms with Crippen molar-refractivity contribution in [1.82, 2.24) is 10.2 Å². The Morgan fingerprint density at radius 3 is 2.39 bits per heavy atom. The van der Waals surface area contributed by atoms with Gasteiger partial charge >= 0.3 is 0 Å². The number of aryl methyl sites for hydroxylation is 1. The minimum absolute atomic E-state index is 0.0683. The minimum atomic E-state index is -0.853. The molecule has 1 unspecified atom stereocenters. The van der Waals surface area contributed by atoms with E-state index in [4.69, 9.17) is 16.3 Å². The molecule has 1 N–H and O–H groups in total. The summed E-state index contributed by atoms with van der Waals surface area (Å²) < 4.78 is 20.4. The minimum Gasteiger partial charge on any atom is -0.484 e. The van der Waals surface area contributed by atoms with Gasteiger partial charge in [-0.15, -0.1) is 0 Å². The average molecular weight is 511 g/mol. The Balaban J connectivity index is 1.91. The van der Waals surface area contributed by atoms with Crippen LogP contribution in [0, 0.1) is 18.7 Å². The van der Waals surface area contributed by atoms with E-state index in [1.807, 2.05) is 51.1 Å². The molecule has 190 valence electrons. The van der Waals surface area contributed by atoms with Crippen molar-refractivity contribution in [2.24, 2.45) is 5.92 Å². The molecule has 0 aromatic heterocycles. The first-order valence-corrected chi connectivity index (χ1v) is 12.4. The number of nitrogens with one attached hydrogen (secondary N) is 1.